The lowest BCUT2D eigenvalue weighted by Crippen LogP contribution is -2.41. The lowest BCUT2D eigenvalue weighted by Gasteiger charge is -2.32. The Hall–Kier alpha value is -2.11. The first-order valence-electron chi connectivity index (χ1n) is 8.75. The van der Waals surface area contributed by atoms with Crippen molar-refractivity contribution in [1.29, 1.82) is 0 Å². The molecule has 0 unspecified atom stereocenters. The van der Waals surface area contributed by atoms with Gasteiger partial charge in [0.1, 0.15) is 17.2 Å². The third kappa shape index (κ3) is 3.69. The molecule has 0 atom stereocenters. The molecule has 1 aliphatic rings. The Labute approximate surface area is 154 Å². The minimum absolute atomic E-state index is 0.402. The molecule has 0 radical (unpaired) electrons. The molecule has 1 saturated heterocycles. The fourth-order valence-corrected chi connectivity index (χ4v) is 2.66. The molecular formula is C21H24BFO3. The summed E-state index contributed by atoms with van der Waals surface area (Å²) in [5.41, 5.74) is -0.279. The fourth-order valence-electron chi connectivity index (χ4n) is 2.66. The van der Waals surface area contributed by atoms with Crippen LogP contribution in [0.3, 0.4) is 0 Å². The summed E-state index contributed by atoms with van der Waals surface area (Å²) >= 11 is 0. The number of benzene rings is 2. The maximum Gasteiger partial charge on any atom is 0.525 e. The highest BCUT2D eigenvalue weighted by Gasteiger charge is 2.53. The molecule has 1 fully saturated rings. The molecule has 1 aliphatic heterocycles. The Morgan fingerprint density at radius 1 is 0.846 bits per heavy atom. The molecule has 1 heterocycles. The highest BCUT2D eigenvalue weighted by atomic mass is 19.1. The summed E-state index contributed by atoms with van der Waals surface area (Å²) in [6.45, 7) is 9.36. The Balaban J connectivity index is 1.77. The van der Waals surface area contributed by atoms with Gasteiger partial charge in [-0.15, -0.1) is 0 Å². The van der Waals surface area contributed by atoms with E-state index in [2.05, 4.69) is 0 Å². The van der Waals surface area contributed by atoms with Crippen LogP contribution in [0.25, 0.3) is 5.57 Å². The van der Waals surface area contributed by atoms with Crippen LogP contribution in [0.2, 0.25) is 0 Å². The van der Waals surface area contributed by atoms with Crippen molar-refractivity contribution in [2.75, 3.05) is 0 Å². The maximum absolute atomic E-state index is 14.9. The molecule has 3 rings (SSSR count). The van der Waals surface area contributed by atoms with Gasteiger partial charge < -0.3 is 14.0 Å². The van der Waals surface area contributed by atoms with E-state index in [0.717, 1.165) is 11.3 Å². The van der Waals surface area contributed by atoms with Crippen molar-refractivity contribution in [3.05, 3.63) is 65.9 Å². The highest BCUT2D eigenvalue weighted by Crippen LogP contribution is 2.40. The number of rotatable bonds is 4. The summed E-state index contributed by atoms with van der Waals surface area (Å²) in [5, 5.41) is 0. The first-order valence-corrected chi connectivity index (χ1v) is 8.75. The maximum atomic E-state index is 14.9. The van der Waals surface area contributed by atoms with Crippen molar-refractivity contribution >= 4 is 12.7 Å². The lowest BCUT2D eigenvalue weighted by atomic mass is 9.83. The molecular weight excluding hydrogens is 330 g/mol. The summed E-state index contributed by atoms with van der Waals surface area (Å²) in [6.07, 6.45) is 0. The Morgan fingerprint density at radius 3 is 1.88 bits per heavy atom. The van der Waals surface area contributed by atoms with Gasteiger partial charge in [0.25, 0.3) is 0 Å². The SMILES string of the molecule is CC(=C(F)B1OC(C)(C)C(C)(C)O1)c1ccc(Oc2ccccc2)cc1. The zero-order chi connectivity index (χ0) is 18.9. The first-order chi connectivity index (χ1) is 12.2. The summed E-state index contributed by atoms with van der Waals surface area (Å²) in [5.74, 6) is 1.46. The molecule has 2 aromatic rings. The highest BCUT2D eigenvalue weighted by molar-refractivity contribution is 6.55. The second-order valence-corrected chi connectivity index (χ2v) is 7.50. The van der Waals surface area contributed by atoms with Gasteiger partial charge in [0.15, 0.2) is 0 Å². The van der Waals surface area contributed by atoms with E-state index >= 15 is 0 Å². The molecule has 0 amide bonds. The van der Waals surface area contributed by atoms with Crippen molar-refractivity contribution in [3.63, 3.8) is 0 Å². The van der Waals surface area contributed by atoms with Crippen molar-refractivity contribution in [3.8, 4) is 11.5 Å². The van der Waals surface area contributed by atoms with Crippen LogP contribution in [0.15, 0.2) is 60.3 Å². The predicted octanol–water partition coefficient (Wildman–Crippen LogP) is 5.81. The molecule has 5 heteroatoms. The minimum Gasteiger partial charge on any atom is -0.457 e. The third-order valence-corrected chi connectivity index (χ3v) is 5.08. The molecule has 0 aliphatic carbocycles. The molecule has 0 spiro atoms. The van der Waals surface area contributed by atoms with Crippen molar-refractivity contribution in [1.82, 2.24) is 0 Å². The largest absolute Gasteiger partial charge is 0.525 e. The van der Waals surface area contributed by atoms with Gasteiger partial charge in [-0.3, -0.25) is 0 Å². The lowest BCUT2D eigenvalue weighted by molar-refractivity contribution is 0.00578. The molecule has 0 saturated carbocycles. The smallest absolute Gasteiger partial charge is 0.457 e. The summed E-state index contributed by atoms with van der Waals surface area (Å²) in [6, 6.07) is 16.8. The van der Waals surface area contributed by atoms with Crippen LogP contribution >= 0.6 is 0 Å². The van der Waals surface area contributed by atoms with Gasteiger partial charge in [-0.05, 0) is 70.0 Å². The molecule has 136 valence electrons. The van der Waals surface area contributed by atoms with Crippen LogP contribution in [-0.2, 0) is 9.31 Å². The molecule has 3 nitrogen and oxygen atoms in total. The minimum atomic E-state index is -0.986. The van der Waals surface area contributed by atoms with E-state index in [9.17, 15) is 4.39 Å². The van der Waals surface area contributed by atoms with E-state index in [0.29, 0.717) is 11.3 Å². The number of allylic oxidation sites excluding steroid dienone is 1. The van der Waals surface area contributed by atoms with Crippen LogP contribution in [0.5, 0.6) is 11.5 Å². The number of hydrogen-bond donors (Lipinski definition) is 0. The van der Waals surface area contributed by atoms with E-state index in [1.165, 1.54) is 0 Å². The van der Waals surface area contributed by atoms with Crippen LogP contribution in [0.4, 0.5) is 4.39 Å². The van der Waals surface area contributed by atoms with Crippen molar-refractivity contribution in [2.45, 2.75) is 45.8 Å². The van der Waals surface area contributed by atoms with Gasteiger partial charge in [0, 0.05) is 0 Å². The van der Waals surface area contributed by atoms with Gasteiger partial charge in [-0.1, -0.05) is 30.3 Å². The van der Waals surface area contributed by atoms with Gasteiger partial charge >= 0.3 is 7.12 Å². The second-order valence-electron chi connectivity index (χ2n) is 7.50. The quantitative estimate of drug-likeness (QED) is 0.649. The number of hydrogen-bond acceptors (Lipinski definition) is 3. The third-order valence-electron chi connectivity index (χ3n) is 5.08. The number of ether oxygens (including phenoxy) is 1. The summed E-state index contributed by atoms with van der Waals surface area (Å²) < 4.78 is 32.3. The van der Waals surface area contributed by atoms with E-state index in [4.69, 9.17) is 14.0 Å². The Kier molecular flexibility index (Phi) is 4.95. The van der Waals surface area contributed by atoms with Gasteiger partial charge in [0.05, 0.1) is 11.2 Å². The zero-order valence-electron chi connectivity index (χ0n) is 15.9. The average molecular weight is 354 g/mol. The van der Waals surface area contributed by atoms with Gasteiger partial charge in [-0.2, -0.15) is 0 Å². The van der Waals surface area contributed by atoms with E-state index < -0.39 is 24.0 Å². The molecule has 26 heavy (non-hydrogen) atoms. The molecule has 0 N–H and O–H groups in total. The zero-order valence-corrected chi connectivity index (χ0v) is 15.9. The number of para-hydroxylation sites is 1. The molecule has 2 aromatic carbocycles. The first kappa shape index (κ1) is 18.7. The summed E-state index contributed by atoms with van der Waals surface area (Å²) in [4.78, 5) is 0. The monoisotopic (exact) mass is 354 g/mol. The Morgan fingerprint density at radius 2 is 1.35 bits per heavy atom. The normalized spacial score (nSPS) is 19.2. The molecule has 0 aromatic heterocycles. The molecule has 0 bridgehead atoms. The van der Waals surface area contributed by atoms with Crippen LogP contribution < -0.4 is 4.74 Å². The standard InChI is InChI=1S/C21H24BFO3/c1-15(19(23)22-25-20(2,3)21(4,5)26-22)16-11-13-18(14-12-16)24-17-9-7-6-8-10-17/h6-14H,1-5H3. The number of halogens is 1. The second kappa shape index (κ2) is 6.90. The average Bonchev–Trinajstić information content (AvgIpc) is 2.83. The van der Waals surface area contributed by atoms with Crippen molar-refractivity contribution in [2.24, 2.45) is 0 Å². The fraction of sp³-hybridized carbons (Fsp3) is 0.333. The van der Waals surface area contributed by atoms with E-state index in [1.807, 2.05) is 82.3 Å². The van der Waals surface area contributed by atoms with Gasteiger partial charge in [-0.25, -0.2) is 4.39 Å². The van der Waals surface area contributed by atoms with Crippen LogP contribution in [-0.4, -0.2) is 18.3 Å². The van der Waals surface area contributed by atoms with Gasteiger partial charge in [0.2, 0.25) is 0 Å². The van der Waals surface area contributed by atoms with Crippen LogP contribution in [0, 0.1) is 0 Å². The topological polar surface area (TPSA) is 27.7 Å². The summed E-state index contributed by atoms with van der Waals surface area (Å²) in [7, 11) is -0.986. The van der Waals surface area contributed by atoms with Crippen molar-refractivity contribution < 1.29 is 18.4 Å². The van der Waals surface area contributed by atoms with E-state index in [-0.39, 0.29) is 0 Å². The van der Waals surface area contributed by atoms with Crippen LogP contribution in [0.1, 0.15) is 40.2 Å². The van der Waals surface area contributed by atoms with E-state index in [1.54, 1.807) is 6.92 Å². The predicted molar refractivity (Wildman–Crippen MR) is 103 cm³/mol. The Bertz CT molecular complexity index is 782.